The first-order valence-electron chi connectivity index (χ1n) is 7.86. The van der Waals surface area contributed by atoms with Gasteiger partial charge < -0.3 is 10.2 Å². The van der Waals surface area contributed by atoms with Crippen molar-refractivity contribution < 1.29 is 4.79 Å². The van der Waals surface area contributed by atoms with Gasteiger partial charge in [0.15, 0.2) is 0 Å². The number of anilines is 3. The summed E-state index contributed by atoms with van der Waals surface area (Å²) in [7, 11) is 0. The topological polar surface area (TPSA) is 58.1 Å². The lowest BCUT2D eigenvalue weighted by Crippen LogP contribution is -2.19. The molecule has 0 saturated carbocycles. The molecule has 4 rings (SSSR count). The normalized spacial score (nSPS) is 12.8. The van der Waals surface area contributed by atoms with Crippen molar-refractivity contribution in [3.63, 3.8) is 0 Å². The Labute approximate surface area is 140 Å². The van der Waals surface area contributed by atoms with Crippen molar-refractivity contribution in [2.24, 2.45) is 0 Å². The monoisotopic (exact) mass is 316 g/mol. The van der Waals surface area contributed by atoms with Crippen LogP contribution in [0.25, 0.3) is 0 Å². The van der Waals surface area contributed by atoms with Gasteiger partial charge in [-0.05, 0) is 36.2 Å². The Balaban J connectivity index is 1.69. The summed E-state index contributed by atoms with van der Waals surface area (Å²) in [5.74, 6) is 0.530. The lowest BCUT2D eigenvalue weighted by atomic mass is 10.1. The maximum absolute atomic E-state index is 12.5. The summed E-state index contributed by atoms with van der Waals surface area (Å²) in [6, 6.07) is 17.0. The molecule has 1 aliphatic rings. The van der Waals surface area contributed by atoms with E-state index < -0.39 is 0 Å². The number of hydrogen-bond donors (Lipinski definition) is 1. The minimum atomic E-state index is -0.121. The Morgan fingerprint density at radius 1 is 0.958 bits per heavy atom. The molecule has 0 spiro atoms. The summed E-state index contributed by atoms with van der Waals surface area (Å²) < 4.78 is 0. The molecule has 0 unspecified atom stereocenters. The van der Waals surface area contributed by atoms with Crippen molar-refractivity contribution in [2.75, 3.05) is 16.8 Å². The van der Waals surface area contributed by atoms with Gasteiger partial charge in [-0.3, -0.25) is 4.79 Å². The summed E-state index contributed by atoms with van der Waals surface area (Å²) in [6.07, 6.45) is 4.36. The van der Waals surface area contributed by atoms with E-state index in [9.17, 15) is 4.79 Å². The second-order valence-corrected chi connectivity index (χ2v) is 5.58. The second-order valence-electron chi connectivity index (χ2n) is 5.58. The lowest BCUT2D eigenvalue weighted by molar-refractivity contribution is 0.102. The van der Waals surface area contributed by atoms with Crippen molar-refractivity contribution in [1.29, 1.82) is 0 Å². The van der Waals surface area contributed by atoms with E-state index in [0.717, 1.165) is 24.3 Å². The molecule has 3 aromatic rings. The van der Waals surface area contributed by atoms with Crippen LogP contribution in [0.5, 0.6) is 0 Å². The average molecular weight is 316 g/mol. The quantitative estimate of drug-likeness (QED) is 0.804. The molecule has 5 nitrogen and oxygen atoms in total. The van der Waals surface area contributed by atoms with Crippen LogP contribution in [0.15, 0.2) is 67.0 Å². The van der Waals surface area contributed by atoms with Crippen molar-refractivity contribution in [3.05, 3.63) is 78.1 Å². The maximum atomic E-state index is 12.5. The molecule has 5 heteroatoms. The summed E-state index contributed by atoms with van der Waals surface area (Å²) in [4.78, 5) is 23.2. The molecule has 0 atom stereocenters. The highest BCUT2D eigenvalue weighted by molar-refractivity contribution is 6.06. The third-order valence-corrected chi connectivity index (χ3v) is 4.07. The van der Waals surface area contributed by atoms with E-state index in [1.54, 1.807) is 30.6 Å². The largest absolute Gasteiger partial charge is 0.320 e. The molecule has 1 aromatic heterocycles. The van der Waals surface area contributed by atoms with Gasteiger partial charge in [-0.15, -0.1) is 0 Å². The standard InChI is InChI=1S/C19H16N4O/c24-18(15-6-2-1-3-7-15)22-16-9-4-8-14-10-13-23(17(14)16)19-20-11-5-12-21-19/h1-9,11-12H,10,13H2,(H,22,24). The zero-order valence-corrected chi connectivity index (χ0v) is 13.0. The molecule has 1 N–H and O–H groups in total. The third kappa shape index (κ3) is 2.60. The molecule has 0 fully saturated rings. The second kappa shape index (κ2) is 6.12. The van der Waals surface area contributed by atoms with Gasteiger partial charge in [0.25, 0.3) is 5.91 Å². The Morgan fingerprint density at radius 3 is 2.54 bits per heavy atom. The van der Waals surface area contributed by atoms with Gasteiger partial charge in [0.1, 0.15) is 0 Å². The van der Waals surface area contributed by atoms with Crippen LogP contribution in [-0.2, 0) is 6.42 Å². The number of para-hydroxylation sites is 1. The molecule has 0 bridgehead atoms. The summed E-state index contributed by atoms with van der Waals surface area (Å²) in [5.41, 5.74) is 3.59. The number of hydrogen-bond acceptors (Lipinski definition) is 4. The predicted octanol–water partition coefficient (Wildman–Crippen LogP) is 3.42. The number of carbonyl (C=O) groups is 1. The average Bonchev–Trinajstić information content (AvgIpc) is 3.08. The first-order valence-corrected chi connectivity index (χ1v) is 7.86. The fourth-order valence-electron chi connectivity index (χ4n) is 2.97. The molecule has 0 radical (unpaired) electrons. The lowest BCUT2D eigenvalue weighted by Gasteiger charge is -2.20. The van der Waals surface area contributed by atoms with Gasteiger partial charge in [-0.25, -0.2) is 9.97 Å². The van der Waals surface area contributed by atoms with Crippen LogP contribution in [0.4, 0.5) is 17.3 Å². The van der Waals surface area contributed by atoms with Crippen LogP contribution < -0.4 is 10.2 Å². The first-order chi connectivity index (χ1) is 11.8. The molecular weight excluding hydrogens is 300 g/mol. The van der Waals surface area contributed by atoms with Crippen LogP contribution >= 0.6 is 0 Å². The zero-order chi connectivity index (χ0) is 16.4. The molecule has 2 aromatic carbocycles. The molecule has 2 heterocycles. The molecule has 0 saturated heterocycles. The van der Waals surface area contributed by atoms with E-state index in [0.29, 0.717) is 11.5 Å². The number of benzene rings is 2. The fourth-order valence-corrected chi connectivity index (χ4v) is 2.97. The van der Waals surface area contributed by atoms with E-state index in [4.69, 9.17) is 0 Å². The number of fused-ring (bicyclic) bond motifs is 1. The van der Waals surface area contributed by atoms with E-state index >= 15 is 0 Å². The van der Waals surface area contributed by atoms with Crippen molar-refractivity contribution in [3.8, 4) is 0 Å². The summed E-state index contributed by atoms with van der Waals surface area (Å²) in [5, 5.41) is 3.02. The van der Waals surface area contributed by atoms with Gasteiger partial charge in [0.05, 0.1) is 11.4 Å². The predicted molar refractivity (Wildman–Crippen MR) is 93.6 cm³/mol. The van der Waals surface area contributed by atoms with E-state index in [1.165, 1.54) is 5.56 Å². The minimum Gasteiger partial charge on any atom is -0.320 e. The molecule has 1 amide bonds. The Bertz CT molecular complexity index is 865. The molecule has 0 aliphatic carbocycles. The number of nitrogens with one attached hydrogen (secondary N) is 1. The molecular formula is C19H16N4O. The highest BCUT2D eigenvalue weighted by Gasteiger charge is 2.25. The SMILES string of the molecule is O=C(Nc1cccc2c1N(c1ncccn1)CC2)c1ccccc1. The van der Waals surface area contributed by atoms with Gasteiger partial charge >= 0.3 is 0 Å². The van der Waals surface area contributed by atoms with Crippen LogP contribution in [-0.4, -0.2) is 22.4 Å². The van der Waals surface area contributed by atoms with Crippen LogP contribution in [0.2, 0.25) is 0 Å². The van der Waals surface area contributed by atoms with Gasteiger partial charge in [0, 0.05) is 24.5 Å². The molecule has 118 valence electrons. The summed E-state index contributed by atoms with van der Waals surface area (Å²) in [6.45, 7) is 0.803. The molecule has 24 heavy (non-hydrogen) atoms. The fraction of sp³-hybridized carbons (Fsp3) is 0.105. The van der Waals surface area contributed by atoms with E-state index in [1.807, 2.05) is 30.3 Å². The van der Waals surface area contributed by atoms with Crippen LogP contribution in [0, 0.1) is 0 Å². The smallest absolute Gasteiger partial charge is 0.255 e. The van der Waals surface area contributed by atoms with E-state index in [2.05, 4.69) is 26.3 Å². The van der Waals surface area contributed by atoms with Crippen LogP contribution in [0.1, 0.15) is 15.9 Å². The van der Waals surface area contributed by atoms with Crippen LogP contribution in [0.3, 0.4) is 0 Å². The maximum Gasteiger partial charge on any atom is 0.255 e. The zero-order valence-electron chi connectivity index (χ0n) is 13.0. The van der Waals surface area contributed by atoms with Gasteiger partial charge in [-0.2, -0.15) is 0 Å². The van der Waals surface area contributed by atoms with Crippen molar-refractivity contribution in [1.82, 2.24) is 9.97 Å². The van der Waals surface area contributed by atoms with Crippen molar-refractivity contribution in [2.45, 2.75) is 6.42 Å². The van der Waals surface area contributed by atoms with Gasteiger partial charge in [0.2, 0.25) is 5.95 Å². The highest BCUT2D eigenvalue weighted by Crippen LogP contribution is 2.38. The Morgan fingerprint density at radius 2 is 1.75 bits per heavy atom. The highest BCUT2D eigenvalue weighted by atomic mass is 16.1. The molecule has 1 aliphatic heterocycles. The Kier molecular flexibility index (Phi) is 3.67. The number of rotatable bonds is 3. The van der Waals surface area contributed by atoms with Crippen molar-refractivity contribution >= 4 is 23.2 Å². The minimum absolute atomic E-state index is 0.121. The van der Waals surface area contributed by atoms with Gasteiger partial charge in [-0.1, -0.05) is 30.3 Å². The number of aromatic nitrogens is 2. The third-order valence-electron chi connectivity index (χ3n) is 4.07. The number of carbonyl (C=O) groups excluding carboxylic acids is 1. The number of amides is 1. The summed E-state index contributed by atoms with van der Waals surface area (Å²) >= 11 is 0. The Hall–Kier alpha value is -3.21. The first kappa shape index (κ1) is 14.4. The number of nitrogens with zero attached hydrogens (tertiary/aromatic N) is 3. The van der Waals surface area contributed by atoms with E-state index in [-0.39, 0.29) is 5.91 Å².